The minimum absolute atomic E-state index is 0.483. The summed E-state index contributed by atoms with van der Waals surface area (Å²) in [5, 5.41) is 7.08. The van der Waals surface area contributed by atoms with Crippen molar-refractivity contribution in [1.82, 2.24) is 29.7 Å². The first-order chi connectivity index (χ1) is 10.2. The van der Waals surface area contributed by atoms with Gasteiger partial charge in [-0.15, -0.1) is 0 Å². The van der Waals surface area contributed by atoms with Crippen LogP contribution in [0.15, 0.2) is 12.7 Å². The summed E-state index contributed by atoms with van der Waals surface area (Å²) in [4.78, 5) is 19.6. The SMILES string of the molecule is CNc1nc(N(CC(C)C)C2CC2)nc(-n2cncn2)n1. The second-order valence-electron chi connectivity index (χ2n) is 5.63. The second kappa shape index (κ2) is 5.63. The molecule has 2 aromatic rings. The topological polar surface area (TPSA) is 84.7 Å². The van der Waals surface area contributed by atoms with Crippen LogP contribution in [0.4, 0.5) is 11.9 Å². The summed E-state index contributed by atoms with van der Waals surface area (Å²) in [5.41, 5.74) is 0. The Hall–Kier alpha value is -2.25. The van der Waals surface area contributed by atoms with Gasteiger partial charge in [0.15, 0.2) is 0 Å². The van der Waals surface area contributed by atoms with Gasteiger partial charge >= 0.3 is 0 Å². The molecule has 0 aromatic carbocycles. The molecule has 0 unspecified atom stereocenters. The fraction of sp³-hybridized carbons (Fsp3) is 0.615. The van der Waals surface area contributed by atoms with Crippen molar-refractivity contribution in [2.45, 2.75) is 32.7 Å². The first-order valence-corrected chi connectivity index (χ1v) is 7.23. The summed E-state index contributed by atoms with van der Waals surface area (Å²) in [5.74, 6) is 2.28. The smallest absolute Gasteiger partial charge is 0.258 e. The van der Waals surface area contributed by atoms with E-state index >= 15 is 0 Å². The zero-order valence-corrected chi connectivity index (χ0v) is 12.6. The van der Waals surface area contributed by atoms with Crippen molar-refractivity contribution in [2.75, 3.05) is 23.8 Å². The van der Waals surface area contributed by atoms with Crippen LogP contribution in [0.25, 0.3) is 5.95 Å². The van der Waals surface area contributed by atoms with Crippen LogP contribution in [0.5, 0.6) is 0 Å². The zero-order chi connectivity index (χ0) is 14.8. The molecule has 1 aliphatic carbocycles. The normalized spacial score (nSPS) is 14.5. The summed E-state index contributed by atoms with van der Waals surface area (Å²) in [7, 11) is 1.80. The lowest BCUT2D eigenvalue weighted by molar-refractivity contribution is 0.594. The quantitative estimate of drug-likeness (QED) is 0.852. The summed E-state index contributed by atoms with van der Waals surface area (Å²) >= 11 is 0. The number of nitrogens with one attached hydrogen (secondary N) is 1. The minimum atomic E-state index is 0.483. The van der Waals surface area contributed by atoms with Crippen LogP contribution in [0.3, 0.4) is 0 Å². The van der Waals surface area contributed by atoms with Crippen molar-refractivity contribution in [3.05, 3.63) is 12.7 Å². The third-order valence-electron chi connectivity index (χ3n) is 3.27. The Morgan fingerprint density at radius 2 is 2.14 bits per heavy atom. The molecule has 2 aromatic heterocycles. The lowest BCUT2D eigenvalue weighted by Gasteiger charge is -2.24. The van der Waals surface area contributed by atoms with Gasteiger partial charge < -0.3 is 10.2 Å². The number of aromatic nitrogens is 6. The molecule has 8 nitrogen and oxygen atoms in total. The minimum Gasteiger partial charge on any atom is -0.357 e. The predicted octanol–water partition coefficient (Wildman–Crippen LogP) is 1.12. The van der Waals surface area contributed by atoms with Crippen LogP contribution in [-0.2, 0) is 0 Å². The fourth-order valence-corrected chi connectivity index (χ4v) is 2.18. The lowest BCUT2D eigenvalue weighted by Crippen LogP contribution is -2.32. The van der Waals surface area contributed by atoms with Gasteiger partial charge in [-0.05, 0) is 18.8 Å². The molecule has 112 valence electrons. The Bertz CT molecular complexity index is 590. The van der Waals surface area contributed by atoms with Crippen LogP contribution in [0, 0.1) is 5.92 Å². The van der Waals surface area contributed by atoms with Crippen molar-refractivity contribution >= 4 is 11.9 Å². The summed E-state index contributed by atoms with van der Waals surface area (Å²) < 4.78 is 1.55. The van der Waals surface area contributed by atoms with E-state index in [4.69, 9.17) is 0 Å². The van der Waals surface area contributed by atoms with Crippen molar-refractivity contribution in [3.63, 3.8) is 0 Å². The van der Waals surface area contributed by atoms with Crippen molar-refractivity contribution in [3.8, 4) is 5.95 Å². The van der Waals surface area contributed by atoms with Crippen LogP contribution >= 0.6 is 0 Å². The summed E-state index contributed by atoms with van der Waals surface area (Å²) in [6.45, 7) is 5.34. The van der Waals surface area contributed by atoms with Gasteiger partial charge in [0, 0.05) is 19.6 Å². The number of rotatable bonds is 6. The van der Waals surface area contributed by atoms with Gasteiger partial charge in [0.2, 0.25) is 11.9 Å². The van der Waals surface area contributed by atoms with Crippen molar-refractivity contribution in [2.24, 2.45) is 5.92 Å². The molecule has 0 radical (unpaired) electrons. The average Bonchev–Trinajstić information content (AvgIpc) is 3.17. The molecular weight excluding hydrogens is 268 g/mol. The van der Waals surface area contributed by atoms with E-state index in [9.17, 15) is 0 Å². The van der Waals surface area contributed by atoms with E-state index in [0.29, 0.717) is 29.8 Å². The second-order valence-corrected chi connectivity index (χ2v) is 5.63. The molecule has 8 heteroatoms. The molecule has 21 heavy (non-hydrogen) atoms. The van der Waals surface area contributed by atoms with Gasteiger partial charge in [0.25, 0.3) is 5.95 Å². The molecule has 3 rings (SSSR count). The van der Waals surface area contributed by atoms with E-state index in [1.165, 1.54) is 19.2 Å². The third kappa shape index (κ3) is 3.09. The molecule has 0 spiro atoms. The first kappa shape index (κ1) is 13.7. The van der Waals surface area contributed by atoms with Gasteiger partial charge in [0.05, 0.1) is 0 Å². The maximum absolute atomic E-state index is 4.56. The van der Waals surface area contributed by atoms with Crippen LogP contribution in [0.1, 0.15) is 26.7 Å². The van der Waals surface area contributed by atoms with E-state index in [0.717, 1.165) is 6.54 Å². The van der Waals surface area contributed by atoms with Crippen LogP contribution in [0.2, 0.25) is 0 Å². The van der Waals surface area contributed by atoms with Crippen LogP contribution in [-0.4, -0.2) is 49.4 Å². The van der Waals surface area contributed by atoms with Gasteiger partial charge in [-0.2, -0.15) is 24.7 Å². The van der Waals surface area contributed by atoms with Gasteiger partial charge in [0.1, 0.15) is 12.7 Å². The molecule has 0 amide bonds. The molecule has 1 aliphatic rings. The number of hydrogen-bond acceptors (Lipinski definition) is 7. The highest BCUT2D eigenvalue weighted by molar-refractivity contribution is 5.41. The lowest BCUT2D eigenvalue weighted by atomic mass is 10.2. The average molecular weight is 288 g/mol. The van der Waals surface area contributed by atoms with E-state index in [1.807, 2.05) is 0 Å². The molecule has 1 fully saturated rings. The molecule has 0 saturated heterocycles. The third-order valence-corrected chi connectivity index (χ3v) is 3.27. The van der Waals surface area contributed by atoms with E-state index in [1.54, 1.807) is 18.1 Å². The van der Waals surface area contributed by atoms with Crippen molar-refractivity contribution < 1.29 is 0 Å². The van der Waals surface area contributed by atoms with Gasteiger partial charge in [-0.1, -0.05) is 13.8 Å². The largest absolute Gasteiger partial charge is 0.357 e. The summed E-state index contributed by atoms with van der Waals surface area (Å²) in [6, 6.07) is 0.545. The Labute approximate surface area is 123 Å². The molecular formula is C13H20N8. The van der Waals surface area contributed by atoms with Gasteiger partial charge in [-0.3, -0.25) is 0 Å². The van der Waals surface area contributed by atoms with Crippen molar-refractivity contribution in [1.29, 1.82) is 0 Å². The number of anilines is 2. The Balaban J connectivity index is 1.98. The molecule has 0 bridgehead atoms. The highest BCUT2D eigenvalue weighted by Gasteiger charge is 2.32. The summed E-state index contributed by atoms with van der Waals surface area (Å²) in [6.07, 6.45) is 5.45. The highest BCUT2D eigenvalue weighted by atomic mass is 15.4. The number of hydrogen-bond donors (Lipinski definition) is 1. The standard InChI is InChI=1S/C13H20N8/c1-9(2)6-20(10-4-5-10)12-17-11(14-3)18-13(19-12)21-8-15-7-16-21/h7-10H,4-6H2,1-3H3,(H,14,17,18,19). The first-order valence-electron chi connectivity index (χ1n) is 7.23. The zero-order valence-electron chi connectivity index (χ0n) is 12.6. The van der Waals surface area contributed by atoms with Crippen LogP contribution < -0.4 is 10.2 Å². The van der Waals surface area contributed by atoms with E-state index in [-0.39, 0.29) is 0 Å². The Morgan fingerprint density at radius 1 is 1.33 bits per heavy atom. The predicted molar refractivity (Wildman–Crippen MR) is 79.5 cm³/mol. The monoisotopic (exact) mass is 288 g/mol. The fourth-order valence-electron chi connectivity index (χ4n) is 2.18. The van der Waals surface area contributed by atoms with E-state index in [2.05, 4.69) is 49.1 Å². The number of nitrogens with zero attached hydrogens (tertiary/aromatic N) is 7. The molecule has 1 saturated carbocycles. The Morgan fingerprint density at radius 3 is 2.71 bits per heavy atom. The molecule has 2 heterocycles. The van der Waals surface area contributed by atoms with Gasteiger partial charge in [-0.25, -0.2) is 4.98 Å². The molecule has 1 N–H and O–H groups in total. The van der Waals surface area contributed by atoms with E-state index < -0.39 is 0 Å². The highest BCUT2D eigenvalue weighted by Crippen LogP contribution is 2.31. The molecule has 0 aliphatic heterocycles. The maximum Gasteiger partial charge on any atom is 0.258 e. The maximum atomic E-state index is 4.56. The Kier molecular flexibility index (Phi) is 3.68. The molecule has 0 atom stereocenters.